The number of ether oxygens (including phenoxy) is 2. The van der Waals surface area contributed by atoms with Crippen molar-refractivity contribution in [1.29, 1.82) is 0 Å². The maximum Gasteiger partial charge on any atom is 0.199 e. The molecule has 1 unspecified atom stereocenters. The lowest BCUT2D eigenvalue weighted by molar-refractivity contribution is 0.104. The Bertz CT molecular complexity index is 1360. The highest BCUT2D eigenvalue weighted by atomic mass is 32.2. The molecule has 0 aliphatic heterocycles. The van der Waals surface area contributed by atoms with Crippen LogP contribution in [0.4, 0.5) is 0 Å². The Morgan fingerprint density at radius 1 is 0.838 bits per heavy atom. The van der Waals surface area contributed by atoms with Gasteiger partial charge in [0.15, 0.2) is 15.4 Å². The smallest absolute Gasteiger partial charge is 0.199 e. The van der Waals surface area contributed by atoms with Crippen LogP contribution in [-0.4, -0.2) is 79.7 Å². The average Bonchev–Trinajstić information content (AvgIpc) is 3.15. The Labute approximate surface area is 220 Å². The molecule has 7 nitrogen and oxygen atoms in total. The van der Waals surface area contributed by atoms with Gasteiger partial charge in [0.2, 0.25) is 0 Å². The number of carbonyl (C=O) groups excluding carboxylic acids is 1. The van der Waals surface area contributed by atoms with E-state index in [9.17, 15) is 14.5 Å². The number of carbonyl (C=O) groups is 1. The molecule has 0 fully saturated rings. The Hall–Kier alpha value is -3.43. The highest BCUT2D eigenvalue weighted by Gasteiger charge is 2.29. The molecule has 1 aromatic heterocycles. The SMILES string of the molecule is CN(C)CCOc1ccc(C(=O)c2c(-c3ccc(OCCN(C)C)cc3)[s+]([O-])c3cc(O)ccc23)cc1. The molecule has 0 saturated heterocycles. The number of thiophene rings is 1. The monoisotopic (exact) mass is 520 g/mol. The third-order valence-corrected chi connectivity index (χ3v) is 7.47. The van der Waals surface area contributed by atoms with Crippen LogP contribution in [0.2, 0.25) is 0 Å². The fraction of sp³-hybridized carbons (Fsp3) is 0.276. The molecule has 4 aromatic rings. The van der Waals surface area contributed by atoms with Crippen LogP contribution in [0.5, 0.6) is 17.2 Å². The summed E-state index contributed by atoms with van der Waals surface area (Å²) in [6, 6.07) is 18.9. The van der Waals surface area contributed by atoms with Gasteiger partial charge in [-0.15, -0.1) is 0 Å². The second-order valence-electron chi connectivity index (χ2n) is 9.33. The summed E-state index contributed by atoms with van der Waals surface area (Å²) in [5.74, 6) is 1.14. The summed E-state index contributed by atoms with van der Waals surface area (Å²) in [6.07, 6.45) is 0. The van der Waals surface area contributed by atoms with E-state index in [-0.39, 0.29) is 11.5 Å². The summed E-state index contributed by atoms with van der Waals surface area (Å²) in [5, 5.41) is 10.6. The maximum atomic E-state index is 13.8. The first-order valence-corrected chi connectivity index (χ1v) is 13.2. The molecule has 8 heteroatoms. The standard InChI is InChI=1S/C29H32N2O5S/c1-30(2)15-17-35-23-10-5-20(6-11-23)28(33)27-25-14-9-22(32)19-26(25)37(34)29(27)21-7-12-24(13-8-21)36-18-16-31(3)4/h5-14,19,32H,15-18H2,1-4H3. The summed E-state index contributed by atoms with van der Waals surface area (Å²) < 4.78 is 25.5. The lowest BCUT2D eigenvalue weighted by atomic mass is 9.97. The number of fused-ring (bicyclic) bond motifs is 1. The molecule has 37 heavy (non-hydrogen) atoms. The predicted octanol–water partition coefficient (Wildman–Crippen LogP) is 5.05. The fourth-order valence-electron chi connectivity index (χ4n) is 3.91. The Morgan fingerprint density at radius 3 is 1.92 bits per heavy atom. The van der Waals surface area contributed by atoms with E-state index >= 15 is 0 Å². The second-order valence-corrected chi connectivity index (χ2v) is 10.7. The zero-order valence-electron chi connectivity index (χ0n) is 21.6. The molecule has 0 aliphatic rings. The first-order valence-electron chi connectivity index (χ1n) is 12.0. The molecule has 0 bridgehead atoms. The van der Waals surface area contributed by atoms with Gasteiger partial charge in [0.05, 0.1) is 10.9 Å². The Kier molecular flexibility index (Phi) is 8.45. The highest BCUT2D eigenvalue weighted by Crippen LogP contribution is 2.46. The molecule has 0 radical (unpaired) electrons. The van der Waals surface area contributed by atoms with Crippen LogP contribution >= 0.6 is 10.8 Å². The molecule has 0 spiro atoms. The third-order valence-electron chi connectivity index (χ3n) is 5.92. The second kappa shape index (κ2) is 11.7. The van der Waals surface area contributed by atoms with Gasteiger partial charge in [0.25, 0.3) is 0 Å². The van der Waals surface area contributed by atoms with E-state index in [1.165, 1.54) is 12.1 Å². The van der Waals surface area contributed by atoms with E-state index in [0.29, 0.717) is 56.4 Å². The molecular weight excluding hydrogens is 488 g/mol. The van der Waals surface area contributed by atoms with Crippen LogP contribution in [0.1, 0.15) is 15.9 Å². The van der Waals surface area contributed by atoms with Gasteiger partial charge in [-0.2, -0.15) is 0 Å². The van der Waals surface area contributed by atoms with E-state index in [1.807, 2.05) is 62.3 Å². The van der Waals surface area contributed by atoms with Crippen LogP contribution in [0.3, 0.4) is 0 Å². The van der Waals surface area contributed by atoms with Crippen molar-refractivity contribution in [2.24, 2.45) is 0 Å². The van der Waals surface area contributed by atoms with Crippen molar-refractivity contribution in [2.75, 3.05) is 54.5 Å². The molecule has 1 atom stereocenters. The first-order chi connectivity index (χ1) is 17.7. The molecule has 4 rings (SSSR count). The van der Waals surface area contributed by atoms with Gasteiger partial charge in [-0.05, 0) is 99.6 Å². The fourth-order valence-corrected chi connectivity index (χ4v) is 5.47. The van der Waals surface area contributed by atoms with Gasteiger partial charge in [0.1, 0.15) is 30.5 Å². The van der Waals surface area contributed by atoms with E-state index in [1.54, 1.807) is 30.3 Å². The minimum absolute atomic E-state index is 0.00372. The van der Waals surface area contributed by atoms with Crippen molar-refractivity contribution in [1.82, 2.24) is 9.80 Å². The molecular formula is C29H32N2O5S. The minimum atomic E-state index is -1.63. The highest BCUT2D eigenvalue weighted by molar-refractivity contribution is 7.35. The maximum absolute atomic E-state index is 13.8. The van der Waals surface area contributed by atoms with Crippen LogP contribution in [0.15, 0.2) is 66.7 Å². The van der Waals surface area contributed by atoms with Gasteiger partial charge in [0, 0.05) is 30.3 Å². The average molecular weight is 521 g/mol. The zero-order valence-corrected chi connectivity index (χ0v) is 22.4. The zero-order chi connectivity index (χ0) is 26.5. The number of rotatable bonds is 11. The van der Waals surface area contributed by atoms with Crippen molar-refractivity contribution in [3.05, 3.63) is 77.9 Å². The van der Waals surface area contributed by atoms with Crippen molar-refractivity contribution in [3.8, 4) is 27.7 Å². The molecule has 3 aromatic carbocycles. The normalized spacial score (nSPS) is 11.9. The van der Waals surface area contributed by atoms with Crippen molar-refractivity contribution in [2.45, 2.75) is 0 Å². The van der Waals surface area contributed by atoms with Gasteiger partial charge in [-0.25, -0.2) is 0 Å². The number of nitrogens with zero attached hydrogens (tertiary/aromatic N) is 2. The van der Waals surface area contributed by atoms with E-state index < -0.39 is 10.8 Å². The number of phenolic OH excluding ortho intramolecular Hbond substituents is 1. The van der Waals surface area contributed by atoms with Crippen LogP contribution in [0.25, 0.3) is 20.5 Å². The quantitative estimate of drug-likeness (QED) is 0.219. The third kappa shape index (κ3) is 6.29. The first kappa shape index (κ1) is 26.6. The van der Waals surface area contributed by atoms with Gasteiger partial charge in [-0.1, -0.05) is 0 Å². The number of phenols is 1. The molecule has 0 amide bonds. The van der Waals surface area contributed by atoms with Crippen LogP contribution in [-0.2, 0) is 0 Å². The van der Waals surface area contributed by atoms with E-state index in [4.69, 9.17) is 9.47 Å². The predicted molar refractivity (Wildman–Crippen MR) is 148 cm³/mol. The largest absolute Gasteiger partial charge is 0.590 e. The van der Waals surface area contributed by atoms with Crippen LogP contribution < -0.4 is 9.47 Å². The van der Waals surface area contributed by atoms with Gasteiger partial charge < -0.3 is 28.9 Å². The van der Waals surface area contributed by atoms with Crippen molar-refractivity contribution < 1.29 is 23.9 Å². The lowest BCUT2D eigenvalue weighted by Crippen LogP contribution is -2.19. The minimum Gasteiger partial charge on any atom is -0.590 e. The number of aromatic hydroxyl groups is 1. The van der Waals surface area contributed by atoms with E-state index in [0.717, 1.165) is 13.1 Å². The topological polar surface area (TPSA) is 85.3 Å². The summed E-state index contributed by atoms with van der Waals surface area (Å²) in [6.45, 7) is 2.66. The molecule has 1 heterocycles. The summed E-state index contributed by atoms with van der Waals surface area (Å²) in [5.41, 5.74) is 1.51. The molecule has 0 aliphatic carbocycles. The number of ketones is 1. The van der Waals surface area contributed by atoms with Crippen molar-refractivity contribution >= 4 is 26.6 Å². The van der Waals surface area contributed by atoms with Gasteiger partial charge in [-0.3, -0.25) is 4.79 Å². The Balaban J connectivity index is 1.68. The van der Waals surface area contributed by atoms with Crippen molar-refractivity contribution in [3.63, 3.8) is 0 Å². The number of likely N-dealkylation sites (N-methyl/N-ethyl adjacent to an activating group) is 2. The lowest BCUT2D eigenvalue weighted by Gasteiger charge is -2.11. The summed E-state index contributed by atoms with van der Waals surface area (Å²) >= 11 is 0. The molecule has 194 valence electrons. The summed E-state index contributed by atoms with van der Waals surface area (Å²) in [4.78, 5) is 18.3. The summed E-state index contributed by atoms with van der Waals surface area (Å²) in [7, 11) is 6.28. The van der Waals surface area contributed by atoms with E-state index in [2.05, 4.69) is 0 Å². The molecule has 0 saturated carbocycles. The van der Waals surface area contributed by atoms with Gasteiger partial charge >= 0.3 is 0 Å². The number of benzene rings is 3. The number of hydrogen-bond donors (Lipinski definition) is 1. The van der Waals surface area contributed by atoms with Crippen LogP contribution in [0, 0.1) is 0 Å². The Morgan fingerprint density at radius 2 is 1.38 bits per heavy atom. The molecule has 1 N–H and O–H groups in total. The number of hydrogen-bond acceptors (Lipinski definition) is 7.